The van der Waals surface area contributed by atoms with Gasteiger partial charge in [-0.2, -0.15) is 0 Å². The van der Waals surface area contributed by atoms with Crippen LogP contribution in [-0.2, 0) is 13.1 Å². The fourth-order valence-electron chi connectivity index (χ4n) is 2.58. The number of aliphatic imine (C=N–C) groups is 1. The van der Waals surface area contributed by atoms with Gasteiger partial charge < -0.3 is 25.0 Å². The van der Waals surface area contributed by atoms with Crippen LogP contribution in [0.25, 0.3) is 0 Å². The maximum absolute atomic E-state index is 12.6. The summed E-state index contributed by atoms with van der Waals surface area (Å²) in [4.78, 5) is 6.16. The number of rotatable bonds is 9. The zero-order valence-corrected chi connectivity index (χ0v) is 17.3. The number of guanidine groups is 1. The molecule has 0 amide bonds. The highest BCUT2D eigenvalue weighted by Crippen LogP contribution is 2.26. The predicted octanol–water partition coefficient (Wildman–Crippen LogP) is 3.39. The first-order chi connectivity index (χ1) is 14.3. The van der Waals surface area contributed by atoms with Gasteiger partial charge in [-0.1, -0.05) is 36.4 Å². The van der Waals surface area contributed by atoms with Crippen molar-refractivity contribution in [1.29, 1.82) is 0 Å². The third kappa shape index (κ3) is 8.20. The topological polar surface area (TPSA) is 58.1 Å². The van der Waals surface area contributed by atoms with Gasteiger partial charge in [0.2, 0.25) is 0 Å². The Hall–Kier alpha value is -2.94. The summed E-state index contributed by atoms with van der Waals surface area (Å²) in [5.74, 6) is 0.971. The Morgan fingerprint density at radius 2 is 1.47 bits per heavy atom. The largest absolute Gasteiger partial charge is 0.573 e. The average Bonchev–Trinajstić information content (AvgIpc) is 2.68. The van der Waals surface area contributed by atoms with E-state index in [9.17, 15) is 13.2 Å². The number of hydrogen-bond acceptors (Lipinski definition) is 4. The van der Waals surface area contributed by atoms with Crippen molar-refractivity contribution in [1.82, 2.24) is 15.5 Å². The van der Waals surface area contributed by atoms with E-state index >= 15 is 0 Å². The molecule has 0 saturated carbocycles. The van der Waals surface area contributed by atoms with Crippen LogP contribution in [0.1, 0.15) is 11.1 Å². The lowest BCUT2D eigenvalue weighted by molar-refractivity contribution is -0.274. The summed E-state index contributed by atoms with van der Waals surface area (Å²) >= 11 is 0. The molecule has 0 aliphatic rings. The monoisotopic (exact) mass is 424 g/mol. The molecular formula is C21H27F3N4O2. The highest BCUT2D eigenvalue weighted by Gasteiger charge is 2.31. The molecule has 0 bridgehead atoms. The molecule has 0 fully saturated rings. The van der Waals surface area contributed by atoms with Gasteiger partial charge in [-0.3, -0.25) is 4.99 Å². The standard InChI is InChI=1S/C21H27F3N4O2/c1-25-20(27-15-17-9-5-7-11-19(17)30-21(22,23)24)26-14-16-8-4-6-10-18(16)29-13-12-28(2)3/h4-11H,12-15H2,1-3H3,(H2,25,26,27). The number of benzene rings is 2. The number of nitrogens with one attached hydrogen (secondary N) is 2. The van der Waals surface area contributed by atoms with Gasteiger partial charge in [-0.25, -0.2) is 0 Å². The van der Waals surface area contributed by atoms with Crippen LogP contribution in [0.3, 0.4) is 0 Å². The molecule has 6 nitrogen and oxygen atoms in total. The van der Waals surface area contributed by atoms with Gasteiger partial charge in [0.15, 0.2) is 5.96 Å². The number of ether oxygens (including phenoxy) is 2. The predicted molar refractivity (Wildman–Crippen MR) is 111 cm³/mol. The summed E-state index contributed by atoms with van der Waals surface area (Å²) in [7, 11) is 5.54. The number of halogens is 3. The van der Waals surface area contributed by atoms with Crippen molar-refractivity contribution in [2.75, 3.05) is 34.3 Å². The molecule has 0 saturated heterocycles. The van der Waals surface area contributed by atoms with Crippen molar-refractivity contribution < 1.29 is 22.6 Å². The average molecular weight is 424 g/mol. The van der Waals surface area contributed by atoms with Crippen LogP contribution < -0.4 is 20.1 Å². The number of likely N-dealkylation sites (N-methyl/N-ethyl adjacent to an activating group) is 1. The van der Waals surface area contributed by atoms with E-state index in [0.717, 1.165) is 17.9 Å². The Bertz CT molecular complexity index is 826. The van der Waals surface area contributed by atoms with Crippen molar-refractivity contribution in [2.24, 2.45) is 4.99 Å². The van der Waals surface area contributed by atoms with Gasteiger partial charge in [-0.15, -0.1) is 13.2 Å². The fourth-order valence-corrected chi connectivity index (χ4v) is 2.58. The number of alkyl halides is 3. The van der Waals surface area contributed by atoms with E-state index in [4.69, 9.17) is 4.74 Å². The third-order valence-electron chi connectivity index (χ3n) is 4.08. The van der Waals surface area contributed by atoms with E-state index in [2.05, 4.69) is 20.4 Å². The molecule has 0 unspecified atom stereocenters. The molecule has 2 aromatic rings. The Kier molecular flexibility index (Phi) is 8.79. The first-order valence-electron chi connectivity index (χ1n) is 9.42. The molecule has 0 aliphatic carbocycles. The zero-order chi connectivity index (χ0) is 22.0. The maximum atomic E-state index is 12.6. The van der Waals surface area contributed by atoms with Crippen molar-refractivity contribution in [3.8, 4) is 11.5 Å². The summed E-state index contributed by atoms with van der Waals surface area (Å²) < 4.78 is 47.6. The SMILES string of the molecule is CN=C(NCc1ccccc1OCCN(C)C)NCc1ccccc1OC(F)(F)F. The second kappa shape index (κ2) is 11.3. The molecule has 2 aromatic carbocycles. The quantitative estimate of drug-likeness (QED) is 0.477. The molecule has 30 heavy (non-hydrogen) atoms. The Morgan fingerprint density at radius 3 is 2.00 bits per heavy atom. The summed E-state index contributed by atoms with van der Waals surface area (Å²) in [6.07, 6.45) is -4.74. The van der Waals surface area contributed by atoms with Gasteiger partial charge in [0.1, 0.15) is 18.1 Å². The summed E-state index contributed by atoms with van der Waals surface area (Å²) in [5, 5.41) is 6.15. The first-order valence-corrected chi connectivity index (χ1v) is 9.42. The molecule has 0 aliphatic heterocycles. The molecule has 2 rings (SSSR count). The van der Waals surface area contributed by atoms with Crippen LogP contribution in [0.5, 0.6) is 11.5 Å². The molecule has 0 spiro atoms. The van der Waals surface area contributed by atoms with Crippen molar-refractivity contribution in [3.05, 3.63) is 59.7 Å². The number of hydrogen-bond donors (Lipinski definition) is 2. The lowest BCUT2D eigenvalue weighted by Gasteiger charge is -2.17. The minimum absolute atomic E-state index is 0.118. The van der Waals surface area contributed by atoms with Gasteiger partial charge in [0.05, 0.1) is 0 Å². The van der Waals surface area contributed by atoms with Gasteiger partial charge >= 0.3 is 6.36 Å². The van der Waals surface area contributed by atoms with Gasteiger partial charge in [0, 0.05) is 37.8 Å². The number of nitrogens with zero attached hydrogens (tertiary/aromatic N) is 2. The Labute approximate surface area is 174 Å². The van der Waals surface area contributed by atoms with E-state index in [1.54, 1.807) is 19.2 Å². The fraction of sp³-hybridized carbons (Fsp3) is 0.381. The second-order valence-corrected chi connectivity index (χ2v) is 6.69. The molecule has 0 radical (unpaired) electrons. The maximum Gasteiger partial charge on any atom is 0.573 e. The summed E-state index contributed by atoms with van der Waals surface area (Å²) in [5.41, 5.74) is 1.31. The smallest absolute Gasteiger partial charge is 0.492 e. The Balaban J connectivity index is 1.94. The van der Waals surface area contributed by atoms with Crippen LogP contribution in [0.2, 0.25) is 0 Å². The third-order valence-corrected chi connectivity index (χ3v) is 4.08. The second-order valence-electron chi connectivity index (χ2n) is 6.69. The minimum Gasteiger partial charge on any atom is -0.492 e. The van der Waals surface area contributed by atoms with E-state index in [-0.39, 0.29) is 12.3 Å². The van der Waals surface area contributed by atoms with Crippen LogP contribution in [0.15, 0.2) is 53.5 Å². The van der Waals surface area contributed by atoms with Crippen molar-refractivity contribution in [3.63, 3.8) is 0 Å². The highest BCUT2D eigenvalue weighted by molar-refractivity contribution is 5.79. The minimum atomic E-state index is -4.74. The number of para-hydroxylation sites is 2. The van der Waals surface area contributed by atoms with Gasteiger partial charge in [-0.05, 0) is 26.2 Å². The van der Waals surface area contributed by atoms with Crippen LogP contribution in [0, 0.1) is 0 Å². The normalized spacial score (nSPS) is 12.0. The summed E-state index contributed by atoms with van der Waals surface area (Å²) in [6.45, 7) is 1.92. The van der Waals surface area contributed by atoms with Crippen LogP contribution in [0.4, 0.5) is 13.2 Å². The zero-order valence-electron chi connectivity index (χ0n) is 17.3. The molecular weight excluding hydrogens is 397 g/mol. The molecule has 0 aromatic heterocycles. The van der Waals surface area contributed by atoms with Crippen LogP contribution >= 0.6 is 0 Å². The van der Waals surface area contributed by atoms with Crippen molar-refractivity contribution >= 4 is 5.96 Å². The molecule has 0 heterocycles. The molecule has 9 heteroatoms. The van der Waals surface area contributed by atoms with E-state index in [0.29, 0.717) is 24.7 Å². The lowest BCUT2D eigenvalue weighted by Crippen LogP contribution is -2.36. The first kappa shape index (κ1) is 23.3. The highest BCUT2D eigenvalue weighted by atomic mass is 19.4. The summed E-state index contributed by atoms with van der Waals surface area (Å²) in [6, 6.07) is 13.6. The van der Waals surface area contributed by atoms with Gasteiger partial charge in [0.25, 0.3) is 0 Å². The lowest BCUT2D eigenvalue weighted by atomic mass is 10.2. The Morgan fingerprint density at radius 1 is 0.933 bits per heavy atom. The van der Waals surface area contributed by atoms with Crippen molar-refractivity contribution in [2.45, 2.75) is 19.5 Å². The molecule has 2 N–H and O–H groups in total. The van der Waals surface area contributed by atoms with Crippen LogP contribution in [-0.4, -0.2) is 51.5 Å². The van der Waals surface area contributed by atoms with E-state index in [1.165, 1.54) is 12.1 Å². The molecule has 164 valence electrons. The van der Waals surface area contributed by atoms with E-state index < -0.39 is 6.36 Å². The van der Waals surface area contributed by atoms with E-state index in [1.807, 2.05) is 43.3 Å². The molecule has 0 atom stereocenters.